The molecule has 78 valence electrons. The third kappa shape index (κ3) is 2.23. The Labute approximate surface area is 81.2 Å². The van der Waals surface area contributed by atoms with Crippen LogP contribution in [0.2, 0.25) is 0 Å². The summed E-state index contributed by atoms with van der Waals surface area (Å²) in [5, 5.41) is 8.95. The van der Waals surface area contributed by atoms with Crippen LogP contribution in [-0.4, -0.2) is 11.4 Å². The van der Waals surface area contributed by atoms with Gasteiger partial charge < -0.3 is 0 Å². The third-order valence-electron chi connectivity index (χ3n) is 3.71. The second-order valence-corrected chi connectivity index (χ2v) is 4.77. The first-order valence-electron chi connectivity index (χ1n) is 5.44. The zero-order chi connectivity index (χ0) is 9.90. The highest BCUT2D eigenvalue weighted by Gasteiger charge is 2.40. The molecule has 0 saturated heterocycles. The molecule has 1 saturated carbocycles. The molecule has 0 aliphatic heterocycles. The van der Waals surface area contributed by atoms with Crippen molar-refractivity contribution < 1.29 is 10.1 Å². The summed E-state index contributed by atoms with van der Waals surface area (Å²) in [5.41, 5.74) is 0.212. The molecule has 2 heteroatoms. The summed E-state index contributed by atoms with van der Waals surface area (Å²) in [5.74, 6) is 0.452. The molecule has 0 aromatic heterocycles. The predicted octanol–water partition coefficient (Wildman–Crippen LogP) is 3.47. The van der Waals surface area contributed by atoms with Crippen molar-refractivity contribution in [3.63, 3.8) is 0 Å². The minimum absolute atomic E-state index is 0.0278. The van der Waals surface area contributed by atoms with Gasteiger partial charge in [-0.15, -0.1) is 0 Å². The van der Waals surface area contributed by atoms with Gasteiger partial charge in [0.25, 0.3) is 0 Å². The van der Waals surface area contributed by atoms with Crippen molar-refractivity contribution in [3.05, 3.63) is 0 Å². The Kier molecular flexibility index (Phi) is 3.74. The average molecular weight is 186 g/mol. The van der Waals surface area contributed by atoms with Crippen LogP contribution in [0.1, 0.15) is 52.9 Å². The van der Waals surface area contributed by atoms with Crippen molar-refractivity contribution in [1.29, 1.82) is 0 Å². The van der Waals surface area contributed by atoms with E-state index in [4.69, 9.17) is 5.26 Å². The van der Waals surface area contributed by atoms with Crippen LogP contribution in [-0.2, 0) is 4.89 Å². The first kappa shape index (κ1) is 11.0. The first-order valence-corrected chi connectivity index (χ1v) is 5.44. The summed E-state index contributed by atoms with van der Waals surface area (Å²) < 4.78 is 0. The molecule has 1 aliphatic carbocycles. The topological polar surface area (TPSA) is 29.5 Å². The highest BCUT2D eigenvalue weighted by atomic mass is 17.1. The minimum Gasteiger partial charge on any atom is -0.252 e. The van der Waals surface area contributed by atoms with Gasteiger partial charge in [-0.1, -0.05) is 40.0 Å². The van der Waals surface area contributed by atoms with Gasteiger partial charge in [-0.2, -0.15) is 0 Å². The van der Waals surface area contributed by atoms with Crippen LogP contribution >= 0.6 is 0 Å². The molecule has 0 heterocycles. The van der Waals surface area contributed by atoms with Gasteiger partial charge in [0.1, 0.15) is 6.10 Å². The maximum atomic E-state index is 8.95. The Morgan fingerprint density at radius 2 is 1.92 bits per heavy atom. The van der Waals surface area contributed by atoms with Gasteiger partial charge >= 0.3 is 0 Å². The molecule has 1 rings (SSSR count). The molecule has 0 aromatic carbocycles. The lowest BCUT2D eigenvalue weighted by atomic mass is 9.76. The van der Waals surface area contributed by atoms with Gasteiger partial charge in [0.2, 0.25) is 0 Å². The molecule has 2 atom stereocenters. The number of hydrogen-bond acceptors (Lipinski definition) is 2. The molecular formula is C11H22O2. The molecule has 0 aromatic rings. The Hall–Kier alpha value is -0.0800. The maximum absolute atomic E-state index is 8.95. The molecule has 1 N–H and O–H groups in total. The van der Waals surface area contributed by atoms with E-state index >= 15 is 0 Å². The monoisotopic (exact) mass is 186 g/mol. The fraction of sp³-hybridized carbons (Fsp3) is 1.00. The van der Waals surface area contributed by atoms with E-state index in [0.717, 1.165) is 6.42 Å². The standard InChI is InChI=1S/C11H22O2/c1-4-9(2)10(13-12)11(3)7-5-6-8-11/h9-10,12H,4-8H2,1-3H3. The van der Waals surface area contributed by atoms with E-state index in [1.807, 2.05) is 0 Å². The van der Waals surface area contributed by atoms with E-state index in [1.165, 1.54) is 25.7 Å². The molecule has 1 aliphatic rings. The first-order chi connectivity index (χ1) is 6.14. The van der Waals surface area contributed by atoms with Crippen molar-refractivity contribution >= 4 is 0 Å². The molecule has 13 heavy (non-hydrogen) atoms. The third-order valence-corrected chi connectivity index (χ3v) is 3.71. The highest BCUT2D eigenvalue weighted by Crippen LogP contribution is 2.44. The Morgan fingerprint density at radius 3 is 2.31 bits per heavy atom. The zero-order valence-corrected chi connectivity index (χ0v) is 9.05. The Morgan fingerprint density at radius 1 is 1.38 bits per heavy atom. The lowest BCUT2D eigenvalue weighted by Gasteiger charge is -2.35. The van der Waals surface area contributed by atoms with Crippen LogP contribution in [0.15, 0.2) is 0 Å². The van der Waals surface area contributed by atoms with Crippen LogP contribution < -0.4 is 0 Å². The number of rotatable bonds is 4. The van der Waals surface area contributed by atoms with Gasteiger partial charge in [-0.05, 0) is 24.2 Å². The lowest BCUT2D eigenvalue weighted by Crippen LogP contribution is -2.36. The van der Waals surface area contributed by atoms with Gasteiger partial charge in [-0.3, -0.25) is 5.26 Å². The summed E-state index contributed by atoms with van der Waals surface area (Å²) in [4.78, 5) is 4.69. The SMILES string of the molecule is CCC(C)C(OO)C1(C)CCCC1. The van der Waals surface area contributed by atoms with Crippen molar-refractivity contribution in [3.8, 4) is 0 Å². The van der Waals surface area contributed by atoms with E-state index in [9.17, 15) is 0 Å². The van der Waals surface area contributed by atoms with Crippen molar-refractivity contribution in [2.75, 3.05) is 0 Å². The summed E-state index contributed by atoms with van der Waals surface area (Å²) in [6.45, 7) is 6.55. The van der Waals surface area contributed by atoms with Crippen LogP contribution in [0.3, 0.4) is 0 Å². The Balaban J connectivity index is 2.63. The summed E-state index contributed by atoms with van der Waals surface area (Å²) in [6, 6.07) is 0. The predicted molar refractivity (Wildman–Crippen MR) is 53.5 cm³/mol. The largest absolute Gasteiger partial charge is 0.252 e. The molecule has 2 nitrogen and oxygen atoms in total. The highest BCUT2D eigenvalue weighted by molar-refractivity contribution is 4.89. The van der Waals surface area contributed by atoms with Crippen LogP contribution in [0, 0.1) is 11.3 Å². The van der Waals surface area contributed by atoms with E-state index in [-0.39, 0.29) is 11.5 Å². The smallest absolute Gasteiger partial charge is 0.101 e. The minimum atomic E-state index is 0.0278. The van der Waals surface area contributed by atoms with Crippen molar-refractivity contribution in [2.45, 2.75) is 59.0 Å². The second kappa shape index (κ2) is 4.43. The summed E-state index contributed by atoms with van der Waals surface area (Å²) >= 11 is 0. The summed E-state index contributed by atoms with van der Waals surface area (Å²) in [7, 11) is 0. The fourth-order valence-corrected chi connectivity index (χ4v) is 2.60. The molecule has 0 spiro atoms. The average Bonchev–Trinajstić information content (AvgIpc) is 2.53. The lowest BCUT2D eigenvalue weighted by molar-refractivity contribution is -0.314. The van der Waals surface area contributed by atoms with Crippen LogP contribution in [0.4, 0.5) is 0 Å². The maximum Gasteiger partial charge on any atom is 0.101 e. The fourth-order valence-electron chi connectivity index (χ4n) is 2.60. The van der Waals surface area contributed by atoms with Gasteiger partial charge in [0, 0.05) is 0 Å². The number of hydrogen-bond donors (Lipinski definition) is 1. The zero-order valence-electron chi connectivity index (χ0n) is 9.05. The Bertz CT molecular complexity index is 150. The van der Waals surface area contributed by atoms with Crippen molar-refractivity contribution in [1.82, 2.24) is 0 Å². The molecular weight excluding hydrogens is 164 g/mol. The quantitative estimate of drug-likeness (QED) is 0.538. The van der Waals surface area contributed by atoms with Gasteiger partial charge in [0.05, 0.1) is 0 Å². The van der Waals surface area contributed by atoms with E-state index < -0.39 is 0 Å². The molecule has 1 fully saturated rings. The van der Waals surface area contributed by atoms with Gasteiger partial charge in [0.15, 0.2) is 0 Å². The molecule has 0 bridgehead atoms. The second-order valence-electron chi connectivity index (χ2n) is 4.77. The normalized spacial score (nSPS) is 25.8. The molecule has 2 unspecified atom stereocenters. The van der Waals surface area contributed by atoms with E-state index in [2.05, 4.69) is 25.7 Å². The van der Waals surface area contributed by atoms with Crippen LogP contribution in [0.5, 0.6) is 0 Å². The van der Waals surface area contributed by atoms with Gasteiger partial charge in [-0.25, -0.2) is 4.89 Å². The molecule has 0 amide bonds. The molecule has 0 radical (unpaired) electrons. The van der Waals surface area contributed by atoms with E-state index in [0.29, 0.717) is 5.92 Å². The van der Waals surface area contributed by atoms with Crippen molar-refractivity contribution in [2.24, 2.45) is 11.3 Å². The van der Waals surface area contributed by atoms with E-state index in [1.54, 1.807) is 0 Å². The van der Waals surface area contributed by atoms with Crippen LogP contribution in [0.25, 0.3) is 0 Å². The summed E-state index contributed by atoms with van der Waals surface area (Å²) in [6.07, 6.45) is 6.06.